The van der Waals surface area contributed by atoms with Gasteiger partial charge in [0.05, 0.1) is 16.1 Å². The Morgan fingerprint density at radius 1 is 1.00 bits per heavy atom. The standard InChI is InChI=1S/C23H23ClN2O3S2/c1-15(2)30-22-7-5-4-6-20(22)23(27)25-18-10-12-19(13-11-18)31(28,29)26-21-14-17(24)9-8-16(21)3/h4-15,26H,1-3H3,(H,25,27). The highest BCUT2D eigenvalue weighted by molar-refractivity contribution is 8.00. The zero-order valence-corrected chi connectivity index (χ0v) is 19.7. The van der Waals surface area contributed by atoms with E-state index in [1.54, 1.807) is 55.1 Å². The first-order valence-electron chi connectivity index (χ1n) is 9.62. The first-order valence-corrected chi connectivity index (χ1v) is 12.4. The summed E-state index contributed by atoms with van der Waals surface area (Å²) in [5, 5.41) is 3.62. The Kier molecular flexibility index (Phi) is 7.30. The first kappa shape index (κ1) is 23.2. The molecule has 0 heterocycles. The van der Waals surface area contributed by atoms with Crippen molar-refractivity contribution in [1.82, 2.24) is 0 Å². The van der Waals surface area contributed by atoms with Crippen LogP contribution in [0.2, 0.25) is 5.02 Å². The third kappa shape index (κ3) is 6.03. The molecular weight excluding hydrogens is 452 g/mol. The second kappa shape index (κ2) is 9.77. The second-order valence-electron chi connectivity index (χ2n) is 7.21. The van der Waals surface area contributed by atoms with E-state index in [0.29, 0.717) is 27.2 Å². The van der Waals surface area contributed by atoms with Crippen molar-refractivity contribution in [2.75, 3.05) is 10.0 Å². The quantitative estimate of drug-likeness (QED) is 0.399. The van der Waals surface area contributed by atoms with Crippen molar-refractivity contribution in [3.63, 3.8) is 0 Å². The van der Waals surface area contributed by atoms with Crippen molar-refractivity contribution >= 4 is 50.7 Å². The van der Waals surface area contributed by atoms with Gasteiger partial charge in [-0.15, -0.1) is 11.8 Å². The minimum absolute atomic E-state index is 0.0839. The van der Waals surface area contributed by atoms with Gasteiger partial charge in [-0.2, -0.15) is 0 Å². The molecule has 3 rings (SSSR count). The number of hydrogen-bond donors (Lipinski definition) is 2. The second-order valence-corrected chi connectivity index (χ2v) is 10.9. The van der Waals surface area contributed by atoms with Crippen LogP contribution >= 0.6 is 23.4 Å². The molecule has 0 unspecified atom stereocenters. The molecule has 0 fully saturated rings. The zero-order valence-electron chi connectivity index (χ0n) is 17.3. The summed E-state index contributed by atoms with van der Waals surface area (Å²) in [5.74, 6) is -0.243. The summed E-state index contributed by atoms with van der Waals surface area (Å²) in [6, 6.07) is 18.4. The minimum atomic E-state index is -3.79. The third-order valence-electron chi connectivity index (χ3n) is 4.36. The van der Waals surface area contributed by atoms with E-state index in [0.717, 1.165) is 10.5 Å². The lowest BCUT2D eigenvalue weighted by atomic mass is 10.2. The van der Waals surface area contributed by atoms with E-state index in [1.807, 2.05) is 18.2 Å². The van der Waals surface area contributed by atoms with E-state index in [-0.39, 0.29) is 10.8 Å². The normalized spacial score (nSPS) is 11.4. The highest BCUT2D eigenvalue weighted by Crippen LogP contribution is 2.28. The maximum atomic E-state index is 12.7. The summed E-state index contributed by atoms with van der Waals surface area (Å²) < 4.78 is 28.0. The van der Waals surface area contributed by atoms with Gasteiger partial charge in [-0.05, 0) is 61.0 Å². The van der Waals surface area contributed by atoms with E-state index in [2.05, 4.69) is 23.9 Å². The topological polar surface area (TPSA) is 75.3 Å². The molecule has 0 radical (unpaired) electrons. The summed E-state index contributed by atoms with van der Waals surface area (Å²) in [6.07, 6.45) is 0. The molecule has 8 heteroatoms. The van der Waals surface area contributed by atoms with Gasteiger partial charge in [-0.25, -0.2) is 8.42 Å². The van der Waals surface area contributed by atoms with E-state index >= 15 is 0 Å². The van der Waals surface area contributed by atoms with Crippen LogP contribution in [0.1, 0.15) is 29.8 Å². The van der Waals surface area contributed by atoms with E-state index in [4.69, 9.17) is 11.6 Å². The summed E-state index contributed by atoms with van der Waals surface area (Å²) >= 11 is 7.59. The lowest BCUT2D eigenvalue weighted by Crippen LogP contribution is -2.15. The Balaban J connectivity index is 1.76. The van der Waals surface area contributed by atoms with E-state index in [9.17, 15) is 13.2 Å². The molecule has 0 atom stereocenters. The SMILES string of the molecule is Cc1ccc(Cl)cc1NS(=O)(=O)c1ccc(NC(=O)c2ccccc2SC(C)C)cc1. The largest absolute Gasteiger partial charge is 0.322 e. The number of sulfonamides is 1. The smallest absolute Gasteiger partial charge is 0.261 e. The number of hydrogen-bond acceptors (Lipinski definition) is 4. The van der Waals surface area contributed by atoms with Crippen LogP contribution in [0.5, 0.6) is 0 Å². The Morgan fingerprint density at radius 3 is 2.35 bits per heavy atom. The monoisotopic (exact) mass is 474 g/mol. The molecule has 31 heavy (non-hydrogen) atoms. The van der Waals surface area contributed by atoms with Crippen LogP contribution in [0.3, 0.4) is 0 Å². The van der Waals surface area contributed by atoms with Crippen LogP contribution in [0, 0.1) is 6.92 Å². The summed E-state index contributed by atoms with van der Waals surface area (Å²) in [5.41, 5.74) is 2.27. The predicted molar refractivity (Wildman–Crippen MR) is 129 cm³/mol. The van der Waals surface area contributed by atoms with E-state index in [1.165, 1.54) is 12.1 Å². The van der Waals surface area contributed by atoms with Crippen LogP contribution in [0.25, 0.3) is 0 Å². The van der Waals surface area contributed by atoms with Crippen molar-refractivity contribution in [2.24, 2.45) is 0 Å². The van der Waals surface area contributed by atoms with Gasteiger partial charge in [-0.1, -0.05) is 43.6 Å². The highest BCUT2D eigenvalue weighted by Gasteiger charge is 2.17. The number of rotatable bonds is 7. The molecular formula is C23H23ClN2O3S2. The molecule has 0 aliphatic rings. The van der Waals surface area contributed by atoms with Crippen molar-refractivity contribution < 1.29 is 13.2 Å². The molecule has 0 saturated carbocycles. The molecule has 5 nitrogen and oxygen atoms in total. The van der Waals surface area contributed by atoms with Crippen LogP contribution < -0.4 is 10.0 Å². The fraction of sp³-hybridized carbons (Fsp3) is 0.174. The molecule has 0 aliphatic heterocycles. The van der Waals surface area contributed by atoms with Crippen LogP contribution in [-0.4, -0.2) is 19.6 Å². The maximum absolute atomic E-state index is 12.7. The number of anilines is 2. The van der Waals surface area contributed by atoms with Gasteiger partial charge in [0, 0.05) is 20.9 Å². The number of carbonyl (C=O) groups is 1. The molecule has 0 spiro atoms. The molecule has 0 aromatic heterocycles. The van der Waals surface area contributed by atoms with Crippen LogP contribution in [-0.2, 0) is 10.0 Å². The van der Waals surface area contributed by atoms with Crippen molar-refractivity contribution in [3.8, 4) is 0 Å². The van der Waals surface area contributed by atoms with Gasteiger partial charge in [0.15, 0.2) is 0 Å². The number of aryl methyl sites for hydroxylation is 1. The molecule has 2 N–H and O–H groups in total. The highest BCUT2D eigenvalue weighted by atomic mass is 35.5. The Bertz CT molecular complexity index is 1190. The molecule has 162 valence electrons. The number of thioether (sulfide) groups is 1. The molecule has 1 amide bonds. The summed E-state index contributed by atoms with van der Waals surface area (Å²) in [4.78, 5) is 13.7. The van der Waals surface area contributed by atoms with Crippen LogP contribution in [0.15, 0.2) is 76.5 Å². The van der Waals surface area contributed by atoms with Gasteiger partial charge in [0.2, 0.25) is 0 Å². The van der Waals surface area contributed by atoms with Crippen molar-refractivity contribution in [2.45, 2.75) is 35.8 Å². The average molecular weight is 475 g/mol. The number of nitrogens with one attached hydrogen (secondary N) is 2. The minimum Gasteiger partial charge on any atom is -0.322 e. The first-order chi connectivity index (χ1) is 14.7. The Hall–Kier alpha value is -2.48. The number of amides is 1. The maximum Gasteiger partial charge on any atom is 0.261 e. The molecule has 0 saturated heterocycles. The van der Waals surface area contributed by atoms with E-state index < -0.39 is 10.0 Å². The van der Waals surface area contributed by atoms with Crippen molar-refractivity contribution in [3.05, 3.63) is 82.9 Å². The van der Waals surface area contributed by atoms with Gasteiger partial charge >= 0.3 is 0 Å². The molecule has 0 bridgehead atoms. The molecule has 3 aromatic rings. The summed E-state index contributed by atoms with van der Waals surface area (Å²) in [7, 11) is -3.79. The fourth-order valence-corrected chi connectivity index (χ4v) is 5.08. The Morgan fingerprint density at radius 2 is 1.68 bits per heavy atom. The average Bonchev–Trinajstić information content (AvgIpc) is 2.71. The van der Waals surface area contributed by atoms with Crippen LogP contribution in [0.4, 0.5) is 11.4 Å². The predicted octanol–water partition coefficient (Wildman–Crippen LogP) is 6.20. The lowest BCUT2D eigenvalue weighted by molar-refractivity contribution is 0.102. The van der Waals surface area contributed by atoms with Gasteiger partial charge in [-0.3, -0.25) is 9.52 Å². The fourth-order valence-electron chi connectivity index (χ4n) is 2.83. The Labute approximate surface area is 192 Å². The molecule has 0 aliphatic carbocycles. The zero-order chi connectivity index (χ0) is 22.6. The number of carbonyl (C=O) groups excluding carboxylic acids is 1. The van der Waals surface area contributed by atoms with Gasteiger partial charge < -0.3 is 5.32 Å². The van der Waals surface area contributed by atoms with Crippen molar-refractivity contribution in [1.29, 1.82) is 0 Å². The lowest BCUT2D eigenvalue weighted by Gasteiger charge is -2.13. The third-order valence-corrected chi connectivity index (χ3v) is 7.06. The molecule has 3 aromatic carbocycles. The van der Waals surface area contributed by atoms with Gasteiger partial charge in [0.1, 0.15) is 0 Å². The summed E-state index contributed by atoms with van der Waals surface area (Å²) in [6.45, 7) is 5.93. The number of halogens is 1. The van der Waals surface area contributed by atoms with Gasteiger partial charge in [0.25, 0.3) is 15.9 Å². The number of benzene rings is 3.